The Hall–Kier alpha value is -0.200. The monoisotopic (exact) mass is 292 g/mol. The van der Waals surface area contributed by atoms with Crippen LogP contribution in [0.15, 0.2) is 0 Å². The van der Waals surface area contributed by atoms with Crippen LogP contribution in [0.1, 0.15) is 37.5 Å². The minimum Gasteiger partial charge on any atom is -0.226 e. The Balaban J connectivity index is 2.19. The summed E-state index contributed by atoms with van der Waals surface area (Å²) in [5.74, 6) is 0.938. The first-order chi connectivity index (χ1) is 6.29. The van der Waals surface area contributed by atoms with E-state index in [4.69, 9.17) is 0 Å². The summed E-state index contributed by atoms with van der Waals surface area (Å²) < 4.78 is 2.67. The van der Waals surface area contributed by atoms with Gasteiger partial charge in [-0.2, -0.15) is 0 Å². The molecule has 1 aromatic heterocycles. The minimum absolute atomic E-state index is 0.518. The Morgan fingerprint density at radius 2 is 2.15 bits per heavy atom. The van der Waals surface area contributed by atoms with Gasteiger partial charge in [0.25, 0.3) is 0 Å². The molecule has 1 heterocycles. The van der Waals surface area contributed by atoms with Gasteiger partial charge in [-0.05, 0) is 30.2 Å². The first-order valence-electron chi connectivity index (χ1n) is 4.67. The van der Waals surface area contributed by atoms with Crippen molar-refractivity contribution in [3.8, 4) is 0 Å². The zero-order valence-electron chi connectivity index (χ0n) is 7.65. The highest BCUT2D eigenvalue weighted by atomic mass is 127. The van der Waals surface area contributed by atoms with Gasteiger partial charge in [0.15, 0.2) is 0 Å². The fourth-order valence-electron chi connectivity index (χ4n) is 1.89. The highest BCUT2D eigenvalue weighted by molar-refractivity contribution is 14.1. The molecule has 0 radical (unpaired) electrons. The van der Waals surface area contributed by atoms with Gasteiger partial charge in [-0.1, -0.05) is 35.4 Å². The second kappa shape index (κ2) is 3.89. The van der Waals surface area contributed by atoms with Crippen LogP contribution in [-0.4, -0.2) is 24.1 Å². The molecule has 13 heavy (non-hydrogen) atoms. The summed E-state index contributed by atoms with van der Waals surface area (Å²) in [5.41, 5.74) is 0. The highest BCUT2D eigenvalue weighted by Gasteiger charge is 2.26. The predicted octanol–water partition coefficient (Wildman–Crippen LogP) is 1.90. The molecule has 1 aliphatic carbocycles. The van der Waals surface area contributed by atoms with E-state index in [1.54, 1.807) is 0 Å². The molecular formula is C8H13IN4. The molecule has 0 amide bonds. The van der Waals surface area contributed by atoms with Gasteiger partial charge in [-0.25, -0.2) is 4.68 Å². The third-order valence-corrected chi connectivity index (χ3v) is 4.07. The topological polar surface area (TPSA) is 43.6 Å². The summed E-state index contributed by atoms with van der Waals surface area (Å²) in [5, 5.41) is 11.7. The summed E-state index contributed by atoms with van der Waals surface area (Å²) in [4.78, 5) is 0. The number of halogens is 1. The Kier molecular flexibility index (Phi) is 2.80. The number of alkyl halides is 1. The standard InChI is InChI=1S/C8H13IN4/c1-6-10-11-12-13(6)8-5-3-2-4-7(8)9/h7-8H,2-5H2,1H3/t7-,8+/m0/s1. The SMILES string of the molecule is Cc1nnnn1[C@@H]1CCCC[C@@H]1I. The molecule has 1 aromatic rings. The van der Waals surface area contributed by atoms with Crippen LogP contribution in [0, 0.1) is 6.92 Å². The zero-order chi connectivity index (χ0) is 9.26. The maximum Gasteiger partial charge on any atom is 0.148 e. The summed E-state index contributed by atoms with van der Waals surface area (Å²) in [7, 11) is 0. The first-order valence-corrected chi connectivity index (χ1v) is 5.92. The van der Waals surface area contributed by atoms with Crippen molar-refractivity contribution in [3.63, 3.8) is 0 Å². The van der Waals surface area contributed by atoms with Crippen molar-refractivity contribution in [1.29, 1.82) is 0 Å². The smallest absolute Gasteiger partial charge is 0.148 e. The lowest BCUT2D eigenvalue weighted by Crippen LogP contribution is -2.25. The van der Waals surface area contributed by atoms with Crippen LogP contribution >= 0.6 is 22.6 Å². The van der Waals surface area contributed by atoms with Crippen molar-refractivity contribution in [2.75, 3.05) is 0 Å². The predicted molar refractivity (Wildman–Crippen MR) is 57.9 cm³/mol. The van der Waals surface area contributed by atoms with E-state index in [1.807, 2.05) is 11.6 Å². The molecule has 0 aromatic carbocycles. The van der Waals surface area contributed by atoms with Gasteiger partial charge in [0, 0.05) is 3.92 Å². The van der Waals surface area contributed by atoms with Gasteiger partial charge in [0.05, 0.1) is 6.04 Å². The molecule has 0 N–H and O–H groups in total. The van der Waals surface area contributed by atoms with E-state index >= 15 is 0 Å². The lowest BCUT2D eigenvalue weighted by molar-refractivity contribution is 0.338. The molecule has 2 atom stereocenters. The number of tetrazole rings is 1. The lowest BCUT2D eigenvalue weighted by Gasteiger charge is -2.27. The number of hydrogen-bond acceptors (Lipinski definition) is 3. The van der Waals surface area contributed by atoms with Crippen molar-refractivity contribution < 1.29 is 0 Å². The van der Waals surface area contributed by atoms with Gasteiger partial charge < -0.3 is 0 Å². The fourth-order valence-corrected chi connectivity index (χ4v) is 2.99. The summed E-state index contributed by atoms with van der Waals surface area (Å²) in [6.07, 6.45) is 5.18. The van der Waals surface area contributed by atoms with Crippen LogP contribution in [0.3, 0.4) is 0 Å². The lowest BCUT2D eigenvalue weighted by atomic mass is 9.95. The number of aryl methyl sites for hydroxylation is 1. The third-order valence-electron chi connectivity index (χ3n) is 2.62. The fraction of sp³-hybridized carbons (Fsp3) is 0.875. The molecule has 2 rings (SSSR count). The van der Waals surface area contributed by atoms with Crippen molar-refractivity contribution >= 4 is 22.6 Å². The third kappa shape index (κ3) is 1.84. The van der Waals surface area contributed by atoms with Crippen LogP contribution in [0.2, 0.25) is 0 Å². The van der Waals surface area contributed by atoms with Crippen LogP contribution < -0.4 is 0 Å². The largest absolute Gasteiger partial charge is 0.226 e. The van der Waals surface area contributed by atoms with Crippen LogP contribution in [0.25, 0.3) is 0 Å². The molecular weight excluding hydrogens is 279 g/mol. The van der Waals surface area contributed by atoms with E-state index in [9.17, 15) is 0 Å². The average Bonchev–Trinajstić information content (AvgIpc) is 2.52. The summed E-state index contributed by atoms with van der Waals surface area (Å²) in [6, 6.07) is 0.518. The second-order valence-corrected chi connectivity index (χ2v) is 5.14. The molecule has 0 spiro atoms. The van der Waals surface area contributed by atoms with E-state index in [2.05, 4.69) is 38.1 Å². The quantitative estimate of drug-likeness (QED) is 0.586. The number of nitrogens with zero attached hydrogens (tertiary/aromatic N) is 4. The number of rotatable bonds is 1. The van der Waals surface area contributed by atoms with E-state index in [1.165, 1.54) is 25.7 Å². The summed E-state index contributed by atoms with van der Waals surface area (Å²) >= 11 is 2.52. The average molecular weight is 292 g/mol. The first kappa shape index (κ1) is 9.36. The van der Waals surface area contributed by atoms with Crippen LogP contribution in [0.5, 0.6) is 0 Å². The number of aromatic nitrogens is 4. The van der Waals surface area contributed by atoms with E-state index in [0.717, 1.165) is 5.82 Å². The molecule has 0 saturated heterocycles. The van der Waals surface area contributed by atoms with E-state index < -0.39 is 0 Å². The molecule has 1 fully saturated rings. The summed E-state index contributed by atoms with van der Waals surface area (Å²) in [6.45, 7) is 1.97. The van der Waals surface area contributed by atoms with Crippen LogP contribution in [-0.2, 0) is 0 Å². The number of hydrogen-bond donors (Lipinski definition) is 0. The molecule has 5 heteroatoms. The molecule has 1 aliphatic rings. The second-order valence-electron chi connectivity index (χ2n) is 3.54. The van der Waals surface area contributed by atoms with Gasteiger partial charge in [-0.15, -0.1) is 5.10 Å². The van der Waals surface area contributed by atoms with E-state index in [-0.39, 0.29) is 0 Å². The minimum atomic E-state index is 0.518. The Bertz CT molecular complexity index is 285. The Morgan fingerprint density at radius 3 is 2.77 bits per heavy atom. The van der Waals surface area contributed by atoms with Crippen molar-refractivity contribution in [3.05, 3.63) is 5.82 Å². The van der Waals surface area contributed by atoms with Crippen molar-refractivity contribution in [2.24, 2.45) is 0 Å². The Morgan fingerprint density at radius 1 is 1.38 bits per heavy atom. The zero-order valence-corrected chi connectivity index (χ0v) is 9.81. The molecule has 4 nitrogen and oxygen atoms in total. The molecule has 0 bridgehead atoms. The van der Waals surface area contributed by atoms with Gasteiger partial charge in [0.1, 0.15) is 5.82 Å². The highest BCUT2D eigenvalue weighted by Crippen LogP contribution is 2.33. The normalized spacial score (nSPS) is 29.1. The van der Waals surface area contributed by atoms with Crippen molar-refractivity contribution in [2.45, 2.75) is 42.6 Å². The van der Waals surface area contributed by atoms with Gasteiger partial charge in [-0.3, -0.25) is 0 Å². The van der Waals surface area contributed by atoms with Gasteiger partial charge in [0.2, 0.25) is 0 Å². The Labute approximate surface area is 91.2 Å². The van der Waals surface area contributed by atoms with Crippen molar-refractivity contribution in [1.82, 2.24) is 20.2 Å². The molecule has 0 aliphatic heterocycles. The van der Waals surface area contributed by atoms with E-state index in [0.29, 0.717) is 9.97 Å². The molecule has 0 unspecified atom stereocenters. The van der Waals surface area contributed by atoms with Gasteiger partial charge >= 0.3 is 0 Å². The maximum atomic E-state index is 4.04. The molecule has 72 valence electrons. The van der Waals surface area contributed by atoms with Crippen LogP contribution in [0.4, 0.5) is 0 Å². The maximum absolute atomic E-state index is 4.04. The molecule has 1 saturated carbocycles.